The van der Waals surface area contributed by atoms with Gasteiger partial charge in [-0.2, -0.15) is 4.31 Å². The van der Waals surface area contributed by atoms with Gasteiger partial charge < -0.3 is 61.1 Å². The van der Waals surface area contributed by atoms with E-state index in [4.69, 9.17) is 24.6 Å². The third kappa shape index (κ3) is 15.8. The fraction of sp³-hybridized carbons (Fsp3) is 0.714. The predicted octanol–water partition coefficient (Wildman–Crippen LogP) is -1.42. The maximum atomic E-state index is 12.7. The summed E-state index contributed by atoms with van der Waals surface area (Å²) in [6, 6.07) is 0. The number of aromatic nitrogens is 4. The lowest BCUT2D eigenvalue weighted by molar-refractivity contribution is -0.137. The third-order valence-corrected chi connectivity index (χ3v) is 12.1. The van der Waals surface area contributed by atoms with Gasteiger partial charge in [0.25, 0.3) is 0 Å². The largest absolute Gasteiger partial charge is 0.481 e. The van der Waals surface area contributed by atoms with E-state index in [1.165, 1.54) is 13.8 Å². The van der Waals surface area contributed by atoms with Gasteiger partial charge in [0.1, 0.15) is 36.3 Å². The minimum atomic E-state index is -5.59. The molecule has 26 nitrogen and oxygen atoms in total. The van der Waals surface area contributed by atoms with Crippen molar-refractivity contribution in [2.45, 2.75) is 82.7 Å². The lowest BCUT2D eigenvalue weighted by Gasteiger charge is -2.30. The zero-order chi connectivity index (χ0) is 43.5. The normalized spacial score (nSPS) is 21.9. The number of hydrogen-bond acceptors (Lipinski definition) is 20. The first-order chi connectivity index (χ1) is 26.9. The molecular formula is C28H48N7O19P3S. The Morgan fingerprint density at radius 3 is 2.40 bits per heavy atom. The van der Waals surface area contributed by atoms with Crippen LogP contribution in [-0.4, -0.2) is 146 Å². The number of thioether (sulfide) groups is 1. The average molecular weight is 912 g/mol. The number of anilines is 1. The summed E-state index contributed by atoms with van der Waals surface area (Å²) in [7, 11) is -16.4. The topological polar surface area (TPSA) is 404 Å². The molecule has 30 heteroatoms. The second kappa shape index (κ2) is 21.8. The van der Waals surface area contributed by atoms with Crippen molar-refractivity contribution >= 4 is 69.1 Å². The van der Waals surface area contributed by atoms with Gasteiger partial charge >= 0.3 is 23.5 Å². The Balaban J connectivity index is 1.45. The van der Waals surface area contributed by atoms with Crippen molar-refractivity contribution in [1.82, 2.24) is 30.2 Å². The Kier molecular flexibility index (Phi) is 18.8. The molecule has 0 bridgehead atoms. The Morgan fingerprint density at radius 2 is 1.72 bits per heavy atom. The SMILES string of the molecule is CC(C)(COP(=O)(O)OP(=O)(O)OC[C@H]1O[C@@H](n2cnc3c(N)ncnc32)[C@H](O)[C@@H]1OP(=O)(O)O)[C@@H](O)C(=O)NCCC(=O)NCCSC(=O)CC(O)CCCCO. The molecule has 1 aliphatic rings. The molecule has 1 fully saturated rings. The standard InChI is InChI=1S/C28H48N7O19P3S/c1-28(2,23(41)26(42)31-7-6-18(38)30-8-10-58-19(39)11-16(37)5-3-4-9-36)13-51-57(48,49)54-56(46,47)50-12-17-22(53-55(43,44)45)21(40)27(52-17)35-15-34-20-24(29)32-14-33-25(20)35/h14-17,21-23,27,36-37,40-41H,3-13H2,1-2H3,(H,30,38)(H,31,42)(H,46,47)(H,48,49)(H2,29,32,33)(H2,43,44,45)/t16?,17-,21-,22-,23+,27-/m1/s1. The second-order valence-corrected chi connectivity index (χ2v) is 18.8. The van der Waals surface area contributed by atoms with E-state index in [0.29, 0.717) is 19.3 Å². The molecular weight excluding hydrogens is 863 g/mol. The number of rotatable bonds is 25. The maximum absolute atomic E-state index is 12.7. The molecule has 1 saturated heterocycles. The lowest BCUT2D eigenvalue weighted by Crippen LogP contribution is -2.46. The van der Waals surface area contributed by atoms with E-state index in [-0.39, 0.29) is 60.4 Å². The number of imidazole rings is 1. The van der Waals surface area contributed by atoms with E-state index < -0.39 is 90.7 Å². The number of aliphatic hydroxyl groups is 4. The molecule has 1 aliphatic heterocycles. The molecule has 8 atom stereocenters. The number of phosphoric acid groups is 3. The van der Waals surface area contributed by atoms with Crippen LogP contribution in [0.3, 0.4) is 0 Å². The first kappa shape index (κ1) is 49.8. The monoisotopic (exact) mass is 911 g/mol. The van der Waals surface area contributed by atoms with Crippen molar-refractivity contribution in [3.63, 3.8) is 0 Å². The highest BCUT2D eigenvalue weighted by molar-refractivity contribution is 8.13. The highest BCUT2D eigenvalue weighted by atomic mass is 32.2. The van der Waals surface area contributed by atoms with Gasteiger partial charge in [0, 0.05) is 43.7 Å². The molecule has 2 amide bonds. The highest BCUT2D eigenvalue weighted by Gasteiger charge is 2.50. The summed E-state index contributed by atoms with van der Waals surface area (Å²) in [6.07, 6.45) is -6.44. The number of ether oxygens (including phenoxy) is 1. The molecule has 330 valence electrons. The molecule has 2 aromatic rings. The van der Waals surface area contributed by atoms with Crippen molar-refractivity contribution in [1.29, 1.82) is 0 Å². The number of nitrogens with zero attached hydrogens (tertiary/aromatic N) is 4. The number of phosphoric ester groups is 3. The van der Waals surface area contributed by atoms with Crippen LogP contribution >= 0.6 is 35.2 Å². The maximum Gasteiger partial charge on any atom is 0.481 e. The zero-order valence-electron chi connectivity index (χ0n) is 31.1. The number of nitrogens with one attached hydrogen (secondary N) is 2. The molecule has 12 N–H and O–H groups in total. The van der Waals surface area contributed by atoms with Crippen LogP contribution in [-0.2, 0) is 50.7 Å². The molecule has 0 radical (unpaired) electrons. The summed E-state index contributed by atoms with van der Waals surface area (Å²) in [6.45, 7) is 0.296. The molecule has 3 rings (SSSR count). The van der Waals surface area contributed by atoms with Crippen molar-refractivity contribution in [3.05, 3.63) is 12.7 Å². The van der Waals surface area contributed by atoms with Crippen LogP contribution in [0.2, 0.25) is 0 Å². The average Bonchev–Trinajstić information content (AvgIpc) is 3.68. The van der Waals surface area contributed by atoms with Gasteiger partial charge in [0.2, 0.25) is 11.8 Å². The Morgan fingerprint density at radius 1 is 1.03 bits per heavy atom. The quantitative estimate of drug-likeness (QED) is 0.0402. The van der Waals surface area contributed by atoms with Gasteiger partial charge in [0.15, 0.2) is 22.8 Å². The van der Waals surface area contributed by atoms with Gasteiger partial charge in [0.05, 0.1) is 25.6 Å². The van der Waals surface area contributed by atoms with E-state index in [1.54, 1.807) is 0 Å². The summed E-state index contributed by atoms with van der Waals surface area (Å²) in [5.41, 5.74) is 4.22. The Hall–Kier alpha value is -2.52. The zero-order valence-corrected chi connectivity index (χ0v) is 34.6. The van der Waals surface area contributed by atoms with Gasteiger partial charge in [-0.1, -0.05) is 25.6 Å². The Labute approximate surface area is 334 Å². The molecule has 0 aliphatic carbocycles. The highest BCUT2D eigenvalue weighted by Crippen LogP contribution is 2.61. The Bertz CT molecular complexity index is 1850. The number of nitrogens with two attached hydrogens (primary N) is 1. The summed E-state index contributed by atoms with van der Waals surface area (Å²) in [5.74, 6) is -1.31. The molecule has 3 unspecified atom stereocenters. The summed E-state index contributed by atoms with van der Waals surface area (Å²) in [4.78, 5) is 87.5. The first-order valence-electron chi connectivity index (χ1n) is 17.3. The van der Waals surface area contributed by atoms with Crippen molar-refractivity contribution in [2.24, 2.45) is 5.41 Å². The van der Waals surface area contributed by atoms with Crippen molar-refractivity contribution in [3.8, 4) is 0 Å². The molecule has 0 aromatic carbocycles. The number of carbonyl (C=O) groups excluding carboxylic acids is 3. The minimum absolute atomic E-state index is 0.00101. The molecule has 3 heterocycles. The number of carbonyl (C=O) groups is 3. The van der Waals surface area contributed by atoms with Crippen LogP contribution in [0.25, 0.3) is 11.2 Å². The number of nitrogen functional groups attached to an aromatic ring is 1. The van der Waals surface area contributed by atoms with Crippen LogP contribution in [0.4, 0.5) is 5.82 Å². The van der Waals surface area contributed by atoms with Crippen LogP contribution in [0.1, 0.15) is 52.2 Å². The van der Waals surface area contributed by atoms with Crippen LogP contribution < -0.4 is 16.4 Å². The van der Waals surface area contributed by atoms with E-state index in [1.807, 2.05) is 0 Å². The number of aliphatic hydroxyl groups excluding tert-OH is 4. The van der Waals surface area contributed by atoms with Crippen molar-refractivity contribution in [2.75, 3.05) is 44.4 Å². The summed E-state index contributed by atoms with van der Waals surface area (Å²) >= 11 is 0.928. The smallest absolute Gasteiger partial charge is 0.396 e. The van der Waals surface area contributed by atoms with Crippen molar-refractivity contribution < 1.29 is 90.7 Å². The first-order valence-corrected chi connectivity index (χ1v) is 22.8. The van der Waals surface area contributed by atoms with Crippen LogP contribution in [0.5, 0.6) is 0 Å². The third-order valence-electron chi connectivity index (χ3n) is 8.11. The minimum Gasteiger partial charge on any atom is -0.396 e. The van der Waals surface area contributed by atoms with Gasteiger partial charge in [-0.15, -0.1) is 0 Å². The van der Waals surface area contributed by atoms with Gasteiger partial charge in [-0.3, -0.25) is 32.5 Å². The molecule has 2 aromatic heterocycles. The van der Waals surface area contributed by atoms with Crippen LogP contribution in [0, 0.1) is 5.41 Å². The number of amides is 2. The number of unbranched alkanes of at least 4 members (excludes halogenated alkanes) is 1. The fourth-order valence-electron chi connectivity index (χ4n) is 5.14. The number of hydrogen-bond donors (Lipinski definition) is 11. The second-order valence-electron chi connectivity index (χ2n) is 13.4. The van der Waals surface area contributed by atoms with E-state index >= 15 is 0 Å². The predicted molar refractivity (Wildman–Crippen MR) is 199 cm³/mol. The lowest BCUT2D eigenvalue weighted by atomic mass is 9.87. The van der Waals surface area contributed by atoms with E-state index in [0.717, 1.165) is 29.0 Å². The number of fused-ring (bicyclic) bond motifs is 1. The summed E-state index contributed by atoms with van der Waals surface area (Å²) < 4.78 is 62.1. The van der Waals surface area contributed by atoms with E-state index in [2.05, 4.69) is 34.4 Å². The van der Waals surface area contributed by atoms with Gasteiger partial charge in [-0.25, -0.2) is 28.6 Å². The molecule has 0 saturated carbocycles. The van der Waals surface area contributed by atoms with Crippen LogP contribution in [0.15, 0.2) is 12.7 Å². The van der Waals surface area contributed by atoms with E-state index in [9.17, 15) is 63.0 Å². The summed E-state index contributed by atoms with van der Waals surface area (Å²) in [5, 5.41) is 44.6. The molecule has 0 spiro atoms. The molecule has 58 heavy (non-hydrogen) atoms. The van der Waals surface area contributed by atoms with Gasteiger partial charge in [-0.05, 0) is 19.3 Å². The fourth-order valence-corrected chi connectivity index (χ4v) is 8.71.